The van der Waals surface area contributed by atoms with Gasteiger partial charge in [-0.15, -0.1) is 0 Å². The second-order valence-corrected chi connectivity index (χ2v) is 5.33. The summed E-state index contributed by atoms with van der Waals surface area (Å²) in [5.74, 6) is -2.11. The Morgan fingerprint density at radius 2 is 1.88 bits per heavy atom. The zero-order valence-electron chi connectivity index (χ0n) is 13.2. The van der Waals surface area contributed by atoms with E-state index in [1.807, 2.05) is 30.3 Å². The first-order valence-electron chi connectivity index (χ1n) is 7.41. The van der Waals surface area contributed by atoms with Crippen molar-refractivity contribution >= 4 is 11.9 Å². The van der Waals surface area contributed by atoms with Gasteiger partial charge in [0.2, 0.25) is 5.91 Å². The summed E-state index contributed by atoms with van der Waals surface area (Å²) in [7, 11) is 0. The Morgan fingerprint density at radius 1 is 1.17 bits per heavy atom. The highest BCUT2D eigenvalue weighted by atomic mass is 19.1. The van der Waals surface area contributed by atoms with E-state index in [1.165, 1.54) is 19.1 Å². The van der Waals surface area contributed by atoms with E-state index < -0.39 is 23.7 Å². The van der Waals surface area contributed by atoms with Crippen LogP contribution in [-0.2, 0) is 22.6 Å². The van der Waals surface area contributed by atoms with E-state index in [0.29, 0.717) is 5.56 Å². The molecule has 0 aliphatic rings. The van der Waals surface area contributed by atoms with Gasteiger partial charge in [0, 0.05) is 13.3 Å². The first kappa shape index (κ1) is 17.5. The van der Waals surface area contributed by atoms with Gasteiger partial charge in [-0.2, -0.15) is 0 Å². The summed E-state index contributed by atoms with van der Waals surface area (Å²) in [5, 5.41) is 11.4. The van der Waals surface area contributed by atoms with Crippen LogP contribution in [0.25, 0.3) is 0 Å². The summed E-state index contributed by atoms with van der Waals surface area (Å²) in [6, 6.07) is 12.5. The highest BCUT2D eigenvalue weighted by Gasteiger charge is 2.19. The first-order chi connectivity index (χ1) is 11.5. The lowest BCUT2D eigenvalue weighted by molar-refractivity contribution is -0.141. The molecule has 0 aromatic heterocycles. The van der Waals surface area contributed by atoms with Gasteiger partial charge in [0.25, 0.3) is 0 Å². The number of rotatable bonds is 7. The summed E-state index contributed by atoms with van der Waals surface area (Å²) in [6.07, 6.45) is -0.00913. The highest BCUT2D eigenvalue weighted by molar-refractivity contribution is 5.82. The second kappa shape index (κ2) is 8.10. The number of ether oxygens (including phenoxy) is 1. The van der Waals surface area contributed by atoms with Gasteiger partial charge in [-0.25, -0.2) is 9.18 Å². The quantitative estimate of drug-likeness (QED) is 0.817. The molecule has 0 aliphatic carbocycles. The number of carbonyl (C=O) groups excluding carboxylic acids is 1. The van der Waals surface area contributed by atoms with Gasteiger partial charge >= 0.3 is 5.97 Å². The number of halogens is 1. The minimum absolute atomic E-state index is 0.00913. The zero-order chi connectivity index (χ0) is 17.5. The van der Waals surface area contributed by atoms with E-state index in [0.717, 1.165) is 5.56 Å². The number of aliphatic carboxylic acids is 1. The van der Waals surface area contributed by atoms with Crippen molar-refractivity contribution < 1.29 is 23.8 Å². The van der Waals surface area contributed by atoms with Crippen molar-refractivity contribution in [2.24, 2.45) is 0 Å². The molecule has 0 saturated heterocycles. The molecule has 6 heteroatoms. The van der Waals surface area contributed by atoms with Gasteiger partial charge < -0.3 is 15.2 Å². The molecular weight excluding hydrogens is 313 g/mol. The third-order valence-electron chi connectivity index (χ3n) is 3.35. The minimum Gasteiger partial charge on any atom is -0.486 e. The predicted octanol–water partition coefficient (Wildman–Crippen LogP) is 2.54. The Morgan fingerprint density at radius 3 is 2.46 bits per heavy atom. The fourth-order valence-electron chi connectivity index (χ4n) is 2.20. The van der Waals surface area contributed by atoms with Crippen LogP contribution in [-0.4, -0.2) is 23.0 Å². The third-order valence-corrected chi connectivity index (χ3v) is 3.35. The van der Waals surface area contributed by atoms with Crippen LogP contribution in [0.3, 0.4) is 0 Å². The summed E-state index contributed by atoms with van der Waals surface area (Å²) in [6.45, 7) is 1.47. The van der Waals surface area contributed by atoms with E-state index in [9.17, 15) is 14.0 Å². The van der Waals surface area contributed by atoms with Gasteiger partial charge in [-0.3, -0.25) is 4.79 Å². The zero-order valence-corrected chi connectivity index (χ0v) is 13.2. The van der Waals surface area contributed by atoms with Crippen LogP contribution in [0.4, 0.5) is 4.39 Å². The maximum absolute atomic E-state index is 14.1. The number of carbonyl (C=O) groups is 2. The van der Waals surface area contributed by atoms with E-state index in [4.69, 9.17) is 9.84 Å². The Kier molecular flexibility index (Phi) is 5.89. The van der Waals surface area contributed by atoms with Crippen LogP contribution < -0.4 is 10.1 Å². The van der Waals surface area contributed by atoms with Gasteiger partial charge in [0.1, 0.15) is 12.6 Å². The molecule has 24 heavy (non-hydrogen) atoms. The molecule has 0 fully saturated rings. The SMILES string of the molecule is CC(=O)N[C@H](Cc1ccc(OCc2ccccc2)c(F)c1)C(=O)O. The molecule has 0 spiro atoms. The van der Waals surface area contributed by atoms with Crippen molar-refractivity contribution in [1.29, 1.82) is 0 Å². The van der Waals surface area contributed by atoms with Crippen LogP contribution >= 0.6 is 0 Å². The molecule has 1 amide bonds. The van der Waals surface area contributed by atoms with Crippen molar-refractivity contribution in [2.45, 2.75) is 26.0 Å². The van der Waals surface area contributed by atoms with Crippen molar-refractivity contribution in [3.8, 4) is 5.75 Å². The van der Waals surface area contributed by atoms with Crippen molar-refractivity contribution in [2.75, 3.05) is 0 Å². The molecule has 1 atom stereocenters. The molecule has 2 rings (SSSR count). The largest absolute Gasteiger partial charge is 0.486 e. The maximum Gasteiger partial charge on any atom is 0.326 e. The summed E-state index contributed by atoms with van der Waals surface area (Å²) < 4.78 is 19.5. The molecule has 5 nitrogen and oxygen atoms in total. The Labute approximate surface area is 139 Å². The van der Waals surface area contributed by atoms with E-state index in [1.54, 1.807) is 6.07 Å². The van der Waals surface area contributed by atoms with Crippen LogP contribution in [0.15, 0.2) is 48.5 Å². The number of carboxylic acids is 1. The average molecular weight is 331 g/mol. The number of amides is 1. The van der Waals surface area contributed by atoms with Crippen LogP contribution in [0.5, 0.6) is 5.75 Å². The fraction of sp³-hybridized carbons (Fsp3) is 0.222. The summed E-state index contributed by atoms with van der Waals surface area (Å²) in [4.78, 5) is 22.1. The first-order valence-corrected chi connectivity index (χ1v) is 7.41. The van der Waals surface area contributed by atoms with Gasteiger partial charge in [0.15, 0.2) is 11.6 Å². The standard InChI is InChI=1S/C18H18FNO4/c1-12(21)20-16(18(22)23)10-14-7-8-17(15(19)9-14)24-11-13-5-3-2-4-6-13/h2-9,16H,10-11H2,1H3,(H,20,21)(H,22,23)/t16-/m1/s1. The lowest BCUT2D eigenvalue weighted by Gasteiger charge is -2.14. The van der Waals surface area contributed by atoms with E-state index in [2.05, 4.69) is 5.32 Å². The van der Waals surface area contributed by atoms with E-state index >= 15 is 0 Å². The molecule has 0 radical (unpaired) electrons. The van der Waals surface area contributed by atoms with Crippen LogP contribution in [0.1, 0.15) is 18.1 Å². The minimum atomic E-state index is -1.17. The monoisotopic (exact) mass is 331 g/mol. The lowest BCUT2D eigenvalue weighted by Crippen LogP contribution is -2.41. The Hall–Kier alpha value is -2.89. The summed E-state index contributed by atoms with van der Waals surface area (Å²) in [5.41, 5.74) is 1.37. The molecule has 2 aromatic rings. The molecule has 2 N–H and O–H groups in total. The molecule has 126 valence electrons. The number of benzene rings is 2. The van der Waals surface area contributed by atoms with Crippen molar-refractivity contribution in [3.05, 3.63) is 65.5 Å². The second-order valence-electron chi connectivity index (χ2n) is 5.33. The summed E-state index contributed by atoms with van der Waals surface area (Å²) >= 11 is 0. The maximum atomic E-state index is 14.1. The normalized spacial score (nSPS) is 11.6. The van der Waals surface area contributed by atoms with Crippen LogP contribution in [0, 0.1) is 5.82 Å². The topological polar surface area (TPSA) is 75.6 Å². The smallest absolute Gasteiger partial charge is 0.326 e. The van der Waals surface area contributed by atoms with Crippen molar-refractivity contribution in [3.63, 3.8) is 0 Å². The highest BCUT2D eigenvalue weighted by Crippen LogP contribution is 2.20. The van der Waals surface area contributed by atoms with Gasteiger partial charge in [0.05, 0.1) is 0 Å². The number of nitrogens with one attached hydrogen (secondary N) is 1. The van der Waals surface area contributed by atoms with Crippen LogP contribution in [0.2, 0.25) is 0 Å². The molecule has 0 bridgehead atoms. The lowest BCUT2D eigenvalue weighted by atomic mass is 10.1. The fourth-order valence-corrected chi connectivity index (χ4v) is 2.20. The molecular formula is C18H18FNO4. The molecule has 0 aliphatic heterocycles. The third kappa shape index (κ3) is 5.08. The molecule has 0 saturated carbocycles. The van der Waals surface area contributed by atoms with E-state index in [-0.39, 0.29) is 18.8 Å². The Balaban J connectivity index is 2.03. The molecule has 0 heterocycles. The number of carboxylic acid groups (broad SMARTS) is 1. The van der Waals surface area contributed by atoms with Gasteiger partial charge in [-0.1, -0.05) is 36.4 Å². The molecule has 2 aromatic carbocycles. The Bertz CT molecular complexity index is 718. The average Bonchev–Trinajstić information content (AvgIpc) is 2.54. The van der Waals surface area contributed by atoms with Gasteiger partial charge in [-0.05, 0) is 23.3 Å². The predicted molar refractivity (Wildman–Crippen MR) is 86.1 cm³/mol. The number of hydrogen-bond acceptors (Lipinski definition) is 3. The van der Waals surface area contributed by atoms with Crippen molar-refractivity contribution in [1.82, 2.24) is 5.32 Å². The molecule has 0 unspecified atom stereocenters. The number of hydrogen-bond donors (Lipinski definition) is 2.